The molecule has 0 aliphatic carbocycles. The van der Waals surface area contributed by atoms with E-state index in [1.54, 1.807) is 12.1 Å². The van der Waals surface area contributed by atoms with Gasteiger partial charge in [0.05, 0.1) is 28.3 Å². The van der Waals surface area contributed by atoms with Gasteiger partial charge in [0, 0.05) is 37.2 Å². The number of hydrogen-bond donors (Lipinski definition) is 2. The van der Waals surface area contributed by atoms with Crippen molar-refractivity contribution >= 4 is 11.7 Å². The second kappa shape index (κ2) is 11.4. The topological polar surface area (TPSA) is 76.2 Å². The predicted molar refractivity (Wildman–Crippen MR) is 150 cm³/mol. The van der Waals surface area contributed by atoms with Crippen LogP contribution in [0.2, 0.25) is 0 Å². The number of anilines is 1. The molecule has 1 aromatic heterocycles. The number of alkyl halides is 3. The summed E-state index contributed by atoms with van der Waals surface area (Å²) in [6, 6.07) is 15.3. The molecule has 214 valence electrons. The molecule has 3 N–H and O–H groups in total. The van der Waals surface area contributed by atoms with E-state index in [1.807, 2.05) is 27.8 Å². The quantitative estimate of drug-likeness (QED) is 0.240. The molecule has 3 aromatic carbocycles. The first-order valence-corrected chi connectivity index (χ1v) is 13.6. The molecule has 6 nitrogen and oxygen atoms in total. The molecule has 0 saturated heterocycles. The number of para-hydroxylation sites is 1. The van der Waals surface area contributed by atoms with E-state index in [1.165, 1.54) is 24.3 Å². The monoisotopic (exact) mass is 565 g/mol. The normalized spacial score (nSPS) is 13.7. The smallest absolute Gasteiger partial charge is 0.351 e. The Labute approximate surface area is 235 Å². The summed E-state index contributed by atoms with van der Waals surface area (Å²) in [5.74, 6) is -0.658. The van der Waals surface area contributed by atoms with E-state index in [2.05, 4.69) is 19.2 Å². The van der Waals surface area contributed by atoms with Crippen LogP contribution in [0, 0.1) is 5.82 Å². The second-order valence-corrected chi connectivity index (χ2v) is 10.1. The minimum absolute atomic E-state index is 0.0465. The number of carbonyl (C=O) groups excluding carboxylic acids is 1. The lowest BCUT2D eigenvalue weighted by Crippen LogP contribution is -2.30. The van der Waals surface area contributed by atoms with Crippen molar-refractivity contribution in [3.63, 3.8) is 0 Å². The summed E-state index contributed by atoms with van der Waals surface area (Å²) in [6.45, 7) is 5.11. The molecule has 0 spiro atoms. The number of halogens is 4. The van der Waals surface area contributed by atoms with Crippen LogP contribution >= 0.6 is 0 Å². The highest BCUT2D eigenvalue weighted by molar-refractivity contribution is 5.88. The summed E-state index contributed by atoms with van der Waals surface area (Å²) in [5.41, 5.74) is 10.7. The number of nitrogens with one attached hydrogen (secondary N) is 1. The number of aromatic nitrogens is 2. The zero-order chi connectivity index (χ0) is 29.3. The standard InChI is InChI=1S/C31H31F4N5O/c1-3-19-9-7-10-20(4-2)28(19)40-29(21-12-13-27(25(32)16-21)37-30(36)41)23-18-39(15-14-26(23)38-40)17-22-8-5-6-11-24(22)31(33,34)35/h5-13,16H,3-4,14-15,17-18H2,1-2H3,(H3,36,37,41). The summed E-state index contributed by atoms with van der Waals surface area (Å²) in [7, 11) is 0. The third-order valence-corrected chi connectivity index (χ3v) is 7.51. The maximum absolute atomic E-state index is 15.2. The van der Waals surface area contributed by atoms with Crippen LogP contribution in [0.1, 0.15) is 47.4 Å². The summed E-state index contributed by atoms with van der Waals surface area (Å²) in [5, 5.41) is 7.29. The highest BCUT2D eigenvalue weighted by Gasteiger charge is 2.34. The first-order chi connectivity index (χ1) is 19.6. The van der Waals surface area contributed by atoms with E-state index in [-0.39, 0.29) is 17.8 Å². The van der Waals surface area contributed by atoms with Crippen LogP contribution in [0.4, 0.5) is 28.0 Å². The number of urea groups is 1. The van der Waals surface area contributed by atoms with Gasteiger partial charge in [0.2, 0.25) is 0 Å². The Balaban J connectivity index is 1.64. The fourth-order valence-electron chi connectivity index (χ4n) is 5.58. The Hall–Kier alpha value is -4.18. The van der Waals surface area contributed by atoms with Crippen molar-refractivity contribution in [2.24, 2.45) is 5.73 Å². The van der Waals surface area contributed by atoms with Crippen LogP contribution in [0.15, 0.2) is 60.7 Å². The van der Waals surface area contributed by atoms with Crippen LogP contribution < -0.4 is 11.1 Å². The summed E-state index contributed by atoms with van der Waals surface area (Å²) in [4.78, 5) is 13.3. The Morgan fingerprint density at radius 3 is 2.32 bits per heavy atom. The third-order valence-electron chi connectivity index (χ3n) is 7.51. The van der Waals surface area contributed by atoms with E-state index >= 15 is 4.39 Å². The van der Waals surface area contributed by atoms with Gasteiger partial charge in [-0.1, -0.05) is 56.3 Å². The maximum atomic E-state index is 15.2. The SMILES string of the molecule is CCc1cccc(CC)c1-n1nc2c(c1-c1ccc(NC(N)=O)c(F)c1)CN(Cc1ccccc1C(F)(F)F)CC2. The molecule has 2 amide bonds. The highest BCUT2D eigenvalue weighted by atomic mass is 19.4. The van der Waals surface area contributed by atoms with Gasteiger partial charge in [-0.3, -0.25) is 4.90 Å². The number of benzene rings is 3. The van der Waals surface area contributed by atoms with Crippen LogP contribution in [-0.2, 0) is 38.5 Å². The summed E-state index contributed by atoms with van der Waals surface area (Å²) >= 11 is 0. The number of hydrogen-bond acceptors (Lipinski definition) is 3. The zero-order valence-electron chi connectivity index (χ0n) is 22.9. The van der Waals surface area contributed by atoms with Crippen LogP contribution in [0.5, 0.6) is 0 Å². The minimum Gasteiger partial charge on any atom is -0.351 e. The fraction of sp³-hybridized carbons (Fsp3) is 0.290. The van der Waals surface area contributed by atoms with Gasteiger partial charge in [0.15, 0.2) is 0 Å². The Morgan fingerprint density at radius 1 is 1.00 bits per heavy atom. The molecule has 0 fully saturated rings. The molecule has 41 heavy (non-hydrogen) atoms. The molecule has 0 unspecified atom stereocenters. The van der Waals surface area contributed by atoms with Crippen molar-refractivity contribution in [1.82, 2.24) is 14.7 Å². The van der Waals surface area contributed by atoms with Gasteiger partial charge in [-0.25, -0.2) is 13.9 Å². The first-order valence-electron chi connectivity index (χ1n) is 13.6. The highest BCUT2D eigenvalue weighted by Crippen LogP contribution is 2.38. The Bertz CT molecular complexity index is 1570. The fourth-order valence-corrected chi connectivity index (χ4v) is 5.58. The van der Waals surface area contributed by atoms with Gasteiger partial charge in [-0.15, -0.1) is 0 Å². The average Bonchev–Trinajstić information content (AvgIpc) is 3.31. The number of carbonyl (C=O) groups is 1. The molecule has 0 bridgehead atoms. The van der Waals surface area contributed by atoms with Crippen molar-refractivity contribution < 1.29 is 22.4 Å². The van der Waals surface area contributed by atoms with Crippen LogP contribution in [-0.4, -0.2) is 27.3 Å². The lowest BCUT2D eigenvalue weighted by molar-refractivity contribution is -0.138. The molecule has 4 aromatic rings. The first kappa shape index (κ1) is 28.4. The van der Waals surface area contributed by atoms with Gasteiger partial charge in [-0.2, -0.15) is 18.3 Å². The molecule has 0 saturated carbocycles. The van der Waals surface area contributed by atoms with Crippen molar-refractivity contribution in [2.45, 2.75) is 52.4 Å². The lowest BCUT2D eigenvalue weighted by Gasteiger charge is -2.28. The summed E-state index contributed by atoms with van der Waals surface area (Å²) in [6.07, 6.45) is -2.41. The van der Waals surface area contributed by atoms with Gasteiger partial charge < -0.3 is 11.1 Å². The lowest BCUT2D eigenvalue weighted by atomic mass is 9.98. The average molecular weight is 566 g/mol. The second-order valence-electron chi connectivity index (χ2n) is 10.1. The molecule has 5 rings (SSSR count). The van der Waals surface area contributed by atoms with E-state index in [0.29, 0.717) is 30.8 Å². The van der Waals surface area contributed by atoms with Crippen LogP contribution in [0.3, 0.4) is 0 Å². The number of aryl methyl sites for hydroxylation is 2. The van der Waals surface area contributed by atoms with Crippen LogP contribution in [0.25, 0.3) is 16.9 Å². The molecule has 1 aliphatic rings. The number of nitrogens with two attached hydrogens (primary N) is 1. The van der Waals surface area contributed by atoms with E-state index in [0.717, 1.165) is 47.0 Å². The molecule has 2 heterocycles. The van der Waals surface area contributed by atoms with Crippen molar-refractivity contribution in [2.75, 3.05) is 11.9 Å². The van der Waals surface area contributed by atoms with E-state index in [4.69, 9.17) is 10.8 Å². The zero-order valence-corrected chi connectivity index (χ0v) is 22.9. The largest absolute Gasteiger partial charge is 0.416 e. The predicted octanol–water partition coefficient (Wildman–Crippen LogP) is 6.87. The van der Waals surface area contributed by atoms with Crippen molar-refractivity contribution in [1.29, 1.82) is 0 Å². The van der Waals surface area contributed by atoms with E-state index < -0.39 is 23.6 Å². The number of rotatable bonds is 7. The summed E-state index contributed by atoms with van der Waals surface area (Å²) < 4.78 is 58.2. The van der Waals surface area contributed by atoms with Gasteiger partial charge in [-0.05, 0) is 47.7 Å². The maximum Gasteiger partial charge on any atom is 0.416 e. The number of nitrogens with zero attached hydrogens (tertiary/aromatic N) is 3. The van der Waals surface area contributed by atoms with Crippen molar-refractivity contribution in [3.05, 3.63) is 100.0 Å². The van der Waals surface area contributed by atoms with Gasteiger partial charge in [0.25, 0.3) is 0 Å². The molecular weight excluding hydrogens is 534 g/mol. The van der Waals surface area contributed by atoms with Crippen molar-refractivity contribution in [3.8, 4) is 16.9 Å². The molecule has 0 atom stereocenters. The Morgan fingerprint density at radius 2 is 1.68 bits per heavy atom. The van der Waals surface area contributed by atoms with Gasteiger partial charge in [0.1, 0.15) is 5.82 Å². The number of primary amides is 1. The molecule has 1 aliphatic heterocycles. The van der Waals surface area contributed by atoms with Gasteiger partial charge >= 0.3 is 12.2 Å². The molecule has 10 heteroatoms. The number of amides is 2. The molecule has 0 radical (unpaired) electrons. The van der Waals surface area contributed by atoms with E-state index in [9.17, 15) is 18.0 Å². The minimum atomic E-state index is -4.45. The number of fused-ring (bicyclic) bond motifs is 1. The third kappa shape index (κ3) is 5.69. The molecular formula is C31H31F4N5O. The Kier molecular flexibility index (Phi) is 7.86.